The molecule has 2 aromatic rings. The lowest BCUT2D eigenvalue weighted by Crippen LogP contribution is -2.57. The fraction of sp³-hybridized carbons (Fsp3) is 0.500. The third-order valence-corrected chi connectivity index (χ3v) is 6.05. The lowest BCUT2D eigenvalue weighted by molar-refractivity contribution is -0.150. The molecular formula is C22H30N4O4. The lowest BCUT2D eigenvalue weighted by Gasteiger charge is -2.31. The Morgan fingerprint density at radius 3 is 2.77 bits per heavy atom. The molecule has 0 saturated carbocycles. The van der Waals surface area contributed by atoms with Gasteiger partial charge in [0.2, 0.25) is 11.8 Å². The van der Waals surface area contributed by atoms with Gasteiger partial charge in [0.1, 0.15) is 12.1 Å². The van der Waals surface area contributed by atoms with Crippen molar-refractivity contribution in [3.63, 3.8) is 0 Å². The summed E-state index contributed by atoms with van der Waals surface area (Å²) in [6, 6.07) is 5.33. The van der Waals surface area contributed by atoms with Crippen LogP contribution in [0, 0.1) is 5.92 Å². The van der Waals surface area contributed by atoms with Crippen molar-refractivity contribution in [2.24, 2.45) is 11.7 Å². The Bertz CT molecular complexity index is 925. The zero-order chi connectivity index (χ0) is 21.8. The van der Waals surface area contributed by atoms with Crippen LogP contribution >= 0.6 is 0 Å². The number of aliphatic carboxylic acids is 1. The normalized spacial score (nSPS) is 19.4. The number of nitrogens with zero attached hydrogens (tertiary/aromatic N) is 1. The Labute approximate surface area is 175 Å². The summed E-state index contributed by atoms with van der Waals surface area (Å²) in [5.74, 6) is -1.91. The number of aromatic nitrogens is 1. The van der Waals surface area contributed by atoms with Crippen LogP contribution in [0.25, 0.3) is 10.9 Å². The van der Waals surface area contributed by atoms with E-state index in [1.54, 1.807) is 0 Å². The van der Waals surface area contributed by atoms with Crippen molar-refractivity contribution in [3.05, 3.63) is 36.0 Å². The van der Waals surface area contributed by atoms with E-state index in [2.05, 4.69) is 10.3 Å². The zero-order valence-electron chi connectivity index (χ0n) is 17.4. The first kappa shape index (κ1) is 21.8. The summed E-state index contributed by atoms with van der Waals surface area (Å²) in [4.78, 5) is 42.0. The second kappa shape index (κ2) is 9.30. The van der Waals surface area contributed by atoms with Crippen molar-refractivity contribution in [2.75, 3.05) is 6.54 Å². The molecule has 1 aromatic heterocycles. The Hall–Kier alpha value is -2.87. The monoisotopic (exact) mass is 414 g/mol. The topological polar surface area (TPSA) is 129 Å². The maximum absolute atomic E-state index is 13.1. The van der Waals surface area contributed by atoms with E-state index in [0.29, 0.717) is 32.2 Å². The molecule has 3 rings (SSSR count). The van der Waals surface area contributed by atoms with Gasteiger partial charge in [-0.3, -0.25) is 9.59 Å². The van der Waals surface area contributed by atoms with Gasteiger partial charge in [0.15, 0.2) is 0 Å². The van der Waals surface area contributed by atoms with Gasteiger partial charge in [0, 0.05) is 23.6 Å². The minimum absolute atomic E-state index is 0.142. The first-order valence-electron chi connectivity index (χ1n) is 10.5. The molecule has 0 spiro atoms. The summed E-state index contributed by atoms with van der Waals surface area (Å²) >= 11 is 0. The molecule has 8 heteroatoms. The van der Waals surface area contributed by atoms with E-state index >= 15 is 0 Å². The number of H-pyrrole nitrogens is 1. The third-order valence-electron chi connectivity index (χ3n) is 6.05. The second-order valence-electron chi connectivity index (χ2n) is 8.07. The third kappa shape index (κ3) is 4.48. The van der Waals surface area contributed by atoms with Crippen LogP contribution in [0.4, 0.5) is 0 Å². The number of carboxylic acid groups (broad SMARTS) is 1. The molecule has 0 aliphatic carbocycles. The molecule has 2 amide bonds. The van der Waals surface area contributed by atoms with Crippen molar-refractivity contribution in [2.45, 2.75) is 57.7 Å². The summed E-state index contributed by atoms with van der Waals surface area (Å²) in [5.41, 5.74) is 8.08. The first-order chi connectivity index (χ1) is 14.3. The van der Waals surface area contributed by atoms with E-state index in [4.69, 9.17) is 5.73 Å². The van der Waals surface area contributed by atoms with Gasteiger partial charge in [0.05, 0.1) is 6.04 Å². The quantitative estimate of drug-likeness (QED) is 0.522. The van der Waals surface area contributed by atoms with Crippen LogP contribution < -0.4 is 11.1 Å². The lowest BCUT2D eigenvalue weighted by atomic mass is 9.96. The SMILES string of the molecule is CCC(C)C(NC(=O)C(N)Cc1c[nH]c2ccccc12)C(=O)N1CCCC1C(=O)O. The smallest absolute Gasteiger partial charge is 0.326 e. The molecule has 4 atom stereocenters. The fourth-order valence-electron chi connectivity index (χ4n) is 4.04. The maximum atomic E-state index is 13.1. The molecule has 1 aliphatic rings. The minimum atomic E-state index is -1.01. The molecule has 1 aliphatic heterocycles. The van der Waals surface area contributed by atoms with Gasteiger partial charge in [-0.1, -0.05) is 38.5 Å². The van der Waals surface area contributed by atoms with Crippen molar-refractivity contribution < 1.29 is 19.5 Å². The van der Waals surface area contributed by atoms with Gasteiger partial charge in [0.25, 0.3) is 0 Å². The van der Waals surface area contributed by atoms with Crippen molar-refractivity contribution in [1.29, 1.82) is 0 Å². The standard InChI is InChI=1S/C22H30N4O4/c1-3-13(2)19(21(28)26-10-6-9-18(26)22(29)30)25-20(27)16(23)11-14-12-24-17-8-5-4-7-15(14)17/h4-5,7-8,12-13,16,18-19,24H,3,6,9-11,23H2,1-2H3,(H,25,27)(H,29,30). The van der Waals surface area contributed by atoms with Gasteiger partial charge < -0.3 is 26.0 Å². The number of para-hydroxylation sites is 1. The van der Waals surface area contributed by atoms with E-state index in [1.807, 2.05) is 44.3 Å². The molecule has 0 radical (unpaired) electrons. The number of nitrogens with two attached hydrogens (primary N) is 1. The number of nitrogens with one attached hydrogen (secondary N) is 2. The number of hydrogen-bond acceptors (Lipinski definition) is 4. The average molecular weight is 415 g/mol. The molecule has 4 unspecified atom stereocenters. The summed E-state index contributed by atoms with van der Waals surface area (Å²) < 4.78 is 0. The number of likely N-dealkylation sites (tertiary alicyclic amines) is 1. The number of hydrogen-bond donors (Lipinski definition) is 4. The molecule has 30 heavy (non-hydrogen) atoms. The zero-order valence-corrected chi connectivity index (χ0v) is 17.4. The molecule has 1 fully saturated rings. The highest BCUT2D eigenvalue weighted by Gasteiger charge is 2.39. The van der Waals surface area contributed by atoms with Crippen molar-refractivity contribution in [1.82, 2.24) is 15.2 Å². The predicted molar refractivity (Wildman–Crippen MR) is 114 cm³/mol. The largest absolute Gasteiger partial charge is 0.480 e. The van der Waals surface area contributed by atoms with Crippen LogP contribution in [0.1, 0.15) is 38.7 Å². The van der Waals surface area contributed by atoms with E-state index < -0.39 is 30.0 Å². The fourth-order valence-corrected chi connectivity index (χ4v) is 4.04. The number of carboxylic acids is 1. The van der Waals surface area contributed by atoms with Gasteiger partial charge in [-0.05, 0) is 36.8 Å². The molecule has 1 aromatic carbocycles. The van der Waals surface area contributed by atoms with Crippen LogP contribution in [0.15, 0.2) is 30.5 Å². The van der Waals surface area contributed by atoms with E-state index in [0.717, 1.165) is 16.5 Å². The number of aromatic amines is 1. The Morgan fingerprint density at radius 1 is 1.33 bits per heavy atom. The van der Waals surface area contributed by atoms with E-state index in [1.165, 1.54) is 4.90 Å². The highest BCUT2D eigenvalue weighted by molar-refractivity contribution is 5.93. The van der Waals surface area contributed by atoms with E-state index in [9.17, 15) is 19.5 Å². The van der Waals surface area contributed by atoms with Crippen LogP contribution in [0.5, 0.6) is 0 Å². The van der Waals surface area contributed by atoms with Crippen molar-refractivity contribution in [3.8, 4) is 0 Å². The number of carbonyl (C=O) groups is 3. The summed E-state index contributed by atoms with van der Waals surface area (Å²) in [7, 11) is 0. The molecule has 0 bridgehead atoms. The molecule has 1 saturated heterocycles. The number of fused-ring (bicyclic) bond motifs is 1. The van der Waals surface area contributed by atoms with Crippen LogP contribution in [0.2, 0.25) is 0 Å². The summed E-state index contributed by atoms with van der Waals surface area (Å²) in [6.07, 6.45) is 3.92. The molecule has 8 nitrogen and oxygen atoms in total. The Morgan fingerprint density at radius 2 is 2.07 bits per heavy atom. The highest BCUT2D eigenvalue weighted by atomic mass is 16.4. The maximum Gasteiger partial charge on any atom is 0.326 e. The van der Waals surface area contributed by atoms with Crippen LogP contribution in [-0.2, 0) is 20.8 Å². The van der Waals surface area contributed by atoms with Gasteiger partial charge in [-0.2, -0.15) is 0 Å². The number of benzene rings is 1. The summed E-state index contributed by atoms with van der Waals surface area (Å²) in [6.45, 7) is 4.20. The predicted octanol–water partition coefficient (Wildman–Crippen LogP) is 1.64. The summed E-state index contributed by atoms with van der Waals surface area (Å²) in [5, 5.41) is 13.2. The number of amides is 2. The molecule has 5 N–H and O–H groups in total. The highest BCUT2D eigenvalue weighted by Crippen LogP contribution is 2.22. The molecular weight excluding hydrogens is 384 g/mol. The molecule has 162 valence electrons. The van der Waals surface area contributed by atoms with Gasteiger partial charge >= 0.3 is 5.97 Å². The van der Waals surface area contributed by atoms with Gasteiger partial charge in [-0.15, -0.1) is 0 Å². The number of carbonyl (C=O) groups excluding carboxylic acids is 2. The van der Waals surface area contributed by atoms with Crippen molar-refractivity contribution >= 4 is 28.7 Å². The Kier molecular flexibility index (Phi) is 6.77. The second-order valence-corrected chi connectivity index (χ2v) is 8.07. The molecule has 2 heterocycles. The minimum Gasteiger partial charge on any atom is -0.480 e. The Balaban J connectivity index is 1.71. The first-order valence-corrected chi connectivity index (χ1v) is 10.5. The van der Waals surface area contributed by atoms with Gasteiger partial charge in [-0.25, -0.2) is 4.79 Å². The van der Waals surface area contributed by atoms with Crippen LogP contribution in [-0.4, -0.2) is 57.4 Å². The van der Waals surface area contributed by atoms with Crippen LogP contribution in [0.3, 0.4) is 0 Å². The number of rotatable bonds is 8. The average Bonchev–Trinajstić information content (AvgIpc) is 3.38. The van der Waals surface area contributed by atoms with E-state index in [-0.39, 0.29) is 11.8 Å².